The number of hydrogen-bond donors (Lipinski definition) is 1. The molecule has 1 unspecified atom stereocenters. The second-order valence-corrected chi connectivity index (χ2v) is 19.2. The highest BCUT2D eigenvalue weighted by Gasteiger charge is 2.44. The number of nitrogens with zero attached hydrogens (tertiary/aromatic N) is 5. The average molecular weight is 664 g/mol. The summed E-state index contributed by atoms with van der Waals surface area (Å²) in [6.45, 7) is 18.0. The van der Waals surface area contributed by atoms with Crippen molar-refractivity contribution >= 4 is 51.0 Å². The van der Waals surface area contributed by atoms with Crippen LogP contribution in [0.5, 0.6) is 5.75 Å². The Morgan fingerprint density at radius 1 is 1.20 bits per heavy atom. The highest BCUT2D eigenvalue weighted by Crippen LogP contribution is 2.44. The Morgan fingerprint density at radius 3 is 2.63 bits per heavy atom. The predicted octanol–water partition coefficient (Wildman–Crippen LogP) is 5.90. The van der Waals surface area contributed by atoms with Gasteiger partial charge in [0.15, 0.2) is 8.32 Å². The summed E-state index contributed by atoms with van der Waals surface area (Å²) in [7, 11) is 2.91. The Bertz CT molecular complexity index is 1570. The third-order valence-electron chi connectivity index (χ3n) is 9.63. The van der Waals surface area contributed by atoms with Crippen LogP contribution in [0.25, 0.3) is 11.3 Å². The number of hydrogen-bond acceptors (Lipinski definition) is 10. The first-order valence-electron chi connectivity index (χ1n) is 15.7. The molecule has 46 heavy (non-hydrogen) atoms. The Labute approximate surface area is 279 Å². The number of carbonyl (C=O) groups is 1. The molecule has 2 aliphatic heterocycles. The minimum Gasteiger partial charge on any atom is -0.495 e. The van der Waals surface area contributed by atoms with Crippen molar-refractivity contribution in [3.8, 4) is 17.0 Å². The van der Waals surface area contributed by atoms with Gasteiger partial charge in [-0.05, 0) is 48.0 Å². The normalized spacial score (nSPS) is 18.7. The number of anilines is 3. The Kier molecular flexibility index (Phi) is 10.1. The van der Waals surface area contributed by atoms with Crippen LogP contribution < -0.4 is 14.9 Å². The van der Waals surface area contributed by atoms with Crippen molar-refractivity contribution in [3.63, 3.8) is 0 Å². The maximum atomic E-state index is 11.5. The summed E-state index contributed by atoms with van der Waals surface area (Å²) < 4.78 is 17.6. The van der Waals surface area contributed by atoms with E-state index in [2.05, 4.69) is 62.1 Å². The number of nitrogens with one attached hydrogen (secondary N) is 1. The minimum absolute atomic E-state index is 0.0829. The number of carbonyl (C=O) groups excluding carboxylic acids is 1. The van der Waals surface area contributed by atoms with E-state index in [9.17, 15) is 4.79 Å². The van der Waals surface area contributed by atoms with Gasteiger partial charge < -0.3 is 28.8 Å². The van der Waals surface area contributed by atoms with E-state index in [1.807, 2.05) is 23.0 Å². The lowest BCUT2D eigenvalue weighted by atomic mass is 9.85. The number of rotatable bonds is 13. The van der Waals surface area contributed by atoms with Crippen LogP contribution in [0.4, 0.5) is 17.5 Å². The molecule has 0 amide bonds. The second-order valence-electron chi connectivity index (χ2n) is 14.0. The van der Waals surface area contributed by atoms with E-state index in [4.69, 9.17) is 35.5 Å². The maximum Gasteiger partial charge on any atom is 0.330 e. The van der Waals surface area contributed by atoms with Crippen LogP contribution in [0.1, 0.15) is 44.7 Å². The molecule has 1 fully saturated rings. The van der Waals surface area contributed by atoms with Crippen LogP contribution in [0, 0.1) is 0 Å². The monoisotopic (exact) mass is 663 g/mol. The molecule has 0 saturated carbocycles. The number of benzene rings is 1. The number of likely N-dealkylation sites (tertiary alicyclic amines) is 1. The highest BCUT2D eigenvalue weighted by molar-refractivity contribution is 6.74. The fraction of sp³-hybridized carbons (Fsp3) is 0.515. The van der Waals surface area contributed by atoms with Crippen LogP contribution in [0.3, 0.4) is 0 Å². The van der Waals surface area contributed by atoms with Gasteiger partial charge in [0.25, 0.3) is 0 Å². The first-order valence-corrected chi connectivity index (χ1v) is 19.0. The van der Waals surface area contributed by atoms with Gasteiger partial charge in [-0.1, -0.05) is 39.3 Å². The van der Waals surface area contributed by atoms with Crippen molar-refractivity contribution in [1.29, 1.82) is 0 Å². The van der Waals surface area contributed by atoms with E-state index < -0.39 is 8.32 Å². The standard InChI is InChI=1S/C33H45BClN6O4Si/c1-32(2,3)46(7,8)45-20-33(4)19-41(34-21-42)30-25(33)13-22(16-37-30)27-9-10-36-31(38-27)39-28-15-26(35)24(14-29(28)44-6)23-17-40(18-23)11-12-43-5/h9-10,13-16,21,23H,11-12,17-20H2,1-8H3,(H,36,38,39). The van der Waals surface area contributed by atoms with Gasteiger partial charge in [-0.25, -0.2) is 15.0 Å². The van der Waals surface area contributed by atoms with E-state index in [1.54, 1.807) is 34.0 Å². The summed E-state index contributed by atoms with van der Waals surface area (Å²) in [5.74, 6) is 2.19. The van der Waals surface area contributed by atoms with Gasteiger partial charge >= 0.3 is 7.41 Å². The molecule has 0 spiro atoms. The van der Waals surface area contributed by atoms with E-state index in [1.165, 1.54) is 0 Å². The second kappa shape index (κ2) is 13.6. The van der Waals surface area contributed by atoms with E-state index in [0.29, 0.717) is 47.2 Å². The SMILES string of the molecule is COCCN1CC(c2cc(OC)c(Nc3nccc(-c4cnc5c(c4)C(C)(CO[Si](C)(C)C(C)(C)C)CN5[B]C=O)n3)cc2Cl)C1. The molecule has 13 heteroatoms. The molecule has 3 aromatic rings. The van der Waals surface area contributed by atoms with Gasteiger partial charge in [0, 0.05) is 79.8 Å². The zero-order chi connectivity index (χ0) is 33.3. The molecular weight excluding hydrogens is 619 g/mol. The molecule has 2 aromatic heterocycles. The lowest BCUT2D eigenvalue weighted by Gasteiger charge is -2.40. The summed E-state index contributed by atoms with van der Waals surface area (Å²) in [5, 5.41) is 4.07. The van der Waals surface area contributed by atoms with Gasteiger partial charge in [0.1, 0.15) is 17.8 Å². The Hall–Kier alpha value is -3.03. The number of fused-ring (bicyclic) bond motifs is 1. The van der Waals surface area contributed by atoms with Crippen molar-refractivity contribution in [3.05, 3.63) is 52.8 Å². The Balaban J connectivity index is 1.38. The number of ether oxygens (including phenoxy) is 2. The molecule has 1 aromatic carbocycles. The molecule has 2 aliphatic rings. The van der Waals surface area contributed by atoms with Gasteiger partial charge in [-0.3, -0.25) is 4.90 Å². The minimum atomic E-state index is -2.01. The third-order valence-corrected chi connectivity index (χ3v) is 14.4. The molecule has 1 atom stereocenters. The van der Waals surface area contributed by atoms with Crippen LogP contribution in [-0.2, 0) is 19.4 Å². The van der Waals surface area contributed by atoms with Crippen molar-refractivity contribution in [2.24, 2.45) is 0 Å². The molecule has 4 heterocycles. The highest BCUT2D eigenvalue weighted by atomic mass is 35.5. The Morgan fingerprint density at radius 2 is 1.96 bits per heavy atom. The zero-order valence-corrected chi connectivity index (χ0v) is 29.9. The van der Waals surface area contributed by atoms with Gasteiger partial charge in [0.05, 0.1) is 25.1 Å². The maximum absolute atomic E-state index is 11.5. The third kappa shape index (κ3) is 7.11. The van der Waals surface area contributed by atoms with Gasteiger partial charge in [-0.2, -0.15) is 0 Å². The fourth-order valence-electron chi connectivity index (χ4n) is 5.70. The first-order chi connectivity index (χ1) is 21.8. The average Bonchev–Trinajstić information content (AvgIpc) is 3.27. The molecule has 245 valence electrons. The van der Waals surface area contributed by atoms with Crippen molar-refractivity contribution < 1.29 is 18.7 Å². The molecule has 1 radical (unpaired) electrons. The largest absolute Gasteiger partial charge is 0.495 e. The number of methoxy groups -OCH3 is 2. The van der Waals surface area contributed by atoms with Crippen molar-refractivity contribution in [2.45, 2.75) is 57.2 Å². The molecule has 1 saturated heterocycles. The van der Waals surface area contributed by atoms with Crippen LogP contribution in [0.15, 0.2) is 36.7 Å². The lowest BCUT2D eigenvalue weighted by Crippen LogP contribution is -2.46. The van der Waals surface area contributed by atoms with Crippen LogP contribution in [0.2, 0.25) is 23.2 Å². The van der Waals surface area contributed by atoms with Gasteiger partial charge in [0.2, 0.25) is 5.95 Å². The summed E-state index contributed by atoms with van der Waals surface area (Å²) in [6, 6.07) is 7.86. The molecule has 10 nitrogen and oxygen atoms in total. The van der Waals surface area contributed by atoms with E-state index in [0.717, 1.165) is 54.9 Å². The lowest BCUT2D eigenvalue weighted by molar-refractivity contribution is 0.0942. The first kappa shape index (κ1) is 34.3. The van der Waals surface area contributed by atoms with E-state index in [-0.39, 0.29) is 10.5 Å². The van der Waals surface area contributed by atoms with Crippen molar-refractivity contribution in [2.75, 3.05) is 63.7 Å². The molecule has 1 N–H and O–H groups in total. The molecule has 5 rings (SSSR count). The number of halogens is 1. The number of pyridine rings is 1. The summed E-state index contributed by atoms with van der Waals surface area (Å²) in [6.07, 6.45) is 4.31. The zero-order valence-electron chi connectivity index (χ0n) is 28.2. The fourth-order valence-corrected chi connectivity index (χ4v) is 7.13. The van der Waals surface area contributed by atoms with Gasteiger partial charge in [-0.15, -0.1) is 0 Å². The molecule has 0 bridgehead atoms. The van der Waals surface area contributed by atoms with Crippen molar-refractivity contribution in [1.82, 2.24) is 19.9 Å². The quantitative estimate of drug-likeness (QED) is 0.176. The van der Waals surface area contributed by atoms with Crippen LogP contribution >= 0.6 is 11.6 Å². The summed E-state index contributed by atoms with van der Waals surface area (Å²) in [5.41, 5.74) is 3.97. The molecule has 0 aliphatic carbocycles. The topological polar surface area (TPSA) is 102 Å². The smallest absolute Gasteiger partial charge is 0.330 e. The number of aromatic nitrogens is 3. The predicted molar refractivity (Wildman–Crippen MR) is 188 cm³/mol. The molecular formula is C33H45BClN6O4Si. The van der Waals surface area contributed by atoms with Crippen LogP contribution in [-0.4, -0.2) is 95.4 Å². The summed E-state index contributed by atoms with van der Waals surface area (Å²) in [4.78, 5) is 29.9. The summed E-state index contributed by atoms with van der Waals surface area (Å²) >= 11 is 6.78. The van der Waals surface area contributed by atoms with E-state index >= 15 is 0 Å².